The zero-order chi connectivity index (χ0) is 24.7. The quantitative estimate of drug-likeness (QED) is 0.425. The third-order valence-electron chi connectivity index (χ3n) is 5.40. The first kappa shape index (κ1) is 24.3. The molecule has 1 aliphatic rings. The smallest absolute Gasteiger partial charge is 0.416 e. The molecular weight excluding hydrogens is 489 g/mol. The van der Waals surface area contributed by atoms with Crippen molar-refractivity contribution in [1.29, 1.82) is 0 Å². The Morgan fingerprint density at radius 2 is 2.00 bits per heavy atom. The molecule has 1 N–H and O–H groups in total. The number of hydrogen-bond donors (Lipinski definition) is 1. The number of fused-ring (bicyclic) bond motifs is 1. The van der Waals surface area contributed by atoms with E-state index >= 15 is 0 Å². The van der Waals surface area contributed by atoms with Gasteiger partial charge in [0, 0.05) is 29.6 Å². The van der Waals surface area contributed by atoms with Crippen LogP contribution in [0.15, 0.2) is 52.9 Å². The van der Waals surface area contributed by atoms with Crippen molar-refractivity contribution in [3.63, 3.8) is 0 Å². The van der Waals surface area contributed by atoms with Crippen molar-refractivity contribution in [2.24, 2.45) is 0 Å². The number of thiazole rings is 1. The average Bonchev–Trinajstić information content (AvgIpc) is 3.24. The average molecular weight is 513 g/mol. The molecule has 0 fully saturated rings. The number of aromatic nitrogens is 1. The summed E-state index contributed by atoms with van der Waals surface area (Å²) in [7, 11) is -3.89. The van der Waals surface area contributed by atoms with Crippen LogP contribution in [0.4, 0.5) is 18.3 Å². The van der Waals surface area contributed by atoms with E-state index in [1.807, 2.05) is 13.8 Å². The topological polar surface area (TPSA) is 77.5 Å². The lowest BCUT2D eigenvalue weighted by Gasteiger charge is -2.38. The number of rotatable bonds is 6. The fraction of sp³-hybridized carbons (Fsp3) is 0.348. The van der Waals surface area contributed by atoms with Gasteiger partial charge >= 0.3 is 6.18 Å². The van der Waals surface area contributed by atoms with Crippen LogP contribution in [-0.4, -0.2) is 19.0 Å². The molecule has 1 atom stereocenters. The van der Waals surface area contributed by atoms with E-state index in [-0.39, 0.29) is 10.0 Å². The summed E-state index contributed by atoms with van der Waals surface area (Å²) < 4.78 is 79.6. The fourth-order valence-electron chi connectivity index (χ4n) is 3.79. The van der Waals surface area contributed by atoms with E-state index in [0.717, 1.165) is 23.5 Å². The van der Waals surface area contributed by atoms with Crippen LogP contribution in [0.3, 0.4) is 0 Å². The third kappa shape index (κ3) is 5.15. The molecule has 0 radical (unpaired) electrons. The fourth-order valence-corrected chi connectivity index (χ4v) is 5.59. The molecule has 2 aromatic carbocycles. The van der Waals surface area contributed by atoms with E-state index in [4.69, 9.17) is 9.47 Å². The molecule has 3 aromatic rings. The van der Waals surface area contributed by atoms with Crippen LogP contribution in [0.1, 0.15) is 50.0 Å². The molecule has 34 heavy (non-hydrogen) atoms. The Bertz CT molecular complexity index is 1290. The van der Waals surface area contributed by atoms with Crippen LogP contribution in [0.25, 0.3) is 0 Å². The number of alkyl halides is 3. The maximum Gasteiger partial charge on any atom is 0.416 e. The molecule has 11 heteroatoms. The number of nitrogens with one attached hydrogen (secondary N) is 1. The summed E-state index contributed by atoms with van der Waals surface area (Å²) in [5.41, 5.74) is -0.366. The van der Waals surface area contributed by atoms with Crippen LogP contribution in [0, 0.1) is 0 Å². The van der Waals surface area contributed by atoms with Crippen molar-refractivity contribution in [3.8, 4) is 11.5 Å². The molecule has 0 bridgehead atoms. The maximum atomic E-state index is 13.1. The number of ether oxygens (including phenoxy) is 2. The van der Waals surface area contributed by atoms with E-state index in [0.29, 0.717) is 35.5 Å². The molecular formula is C23H23F3N2O4S2. The minimum Gasteiger partial charge on any atom is -0.487 e. The maximum absolute atomic E-state index is 13.1. The Morgan fingerprint density at radius 3 is 2.65 bits per heavy atom. The van der Waals surface area contributed by atoms with Gasteiger partial charge < -0.3 is 9.47 Å². The van der Waals surface area contributed by atoms with E-state index in [2.05, 4.69) is 9.71 Å². The van der Waals surface area contributed by atoms with Crippen molar-refractivity contribution >= 4 is 26.5 Å². The molecule has 0 saturated heterocycles. The lowest BCUT2D eigenvalue weighted by molar-refractivity contribution is -0.137. The number of benzene rings is 2. The van der Waals surface area contributed by atoms with E-state index in [1.54, 1.807) is 18.4 Å². The summed E-state index contributed by atoms with van der Waals surface area (Å²) in [5.74, 6) is 0.694. The highest BCUT2D eigenvalue weighted by Crippen LogP contribution is 2.44. The van der Waals surface area contributed by atoms with Crippen molar-refractivity contribution in [1.82, 2.24) is 4.98 Å². The van der Waals surface area contributed by atoms with E-state index < -0.39 is 33.5 Å². The molecule has 1 aromatic heterocycles. The summed E-state index contributed by atoms with van der Waals surface area (Å²) in [6, 6.07) is 7.92. The van der Waals surface area contributed by atoms with Gasteiger partial charge in [0.05, 0.1) is 10.5 Å². The number of aryl methyl sites for hydroxylation is 1. The second kappa shape index (κ2) is 8.77. The second-order valence-corrected chi connectivity index (χ2v) is 11.1. The van der Waals surface area contributed by atoms with Gasteiger partial charge in [-0.3, -0.25) is 4.72 Å². The molecule has 4 rings (SSSR count). The first-order valence-corrected chi connectivity index (χ1v) is 12.9. The SMILES string of the molecule is CCc1cc(C(F)(F)F)ccc1OC1CC(C)(C)Oc2cc(S(=O)(=O)Nc3nccs3)ccc21. The van der Waals surface area contributed by atoms with Gasteiger partial charge in [-0.05, 0) is 50.1 Å². The van der Waals surface area contributed by atoms with Gasteiger partial charge in [0.25, 0.3) is 10.0 Å². The van der Waals surface area contributed by atoms with E-state index in [1.165, 1.54) is 24.4 Å². The highest BCUT2D eigenvalue weighted by Gasteiger charge is 2.37. The van der Waals surface area contributed by atoms with Crippen LogP contribution < -0.4 is 14.2 Å². The number of anilines is 1. The first-order valence-electron chi connectivity index (χ1n) is 10.5. The third-order valence-corrected chi connectivity index (χ3v) is 7.55. The van der Waals surface area contributed by atoms with Crippen molar-refractivity contribution in [3.05, 3.63) is 64.7 Å². The van der Waals surface area contributed by atoms with Crippen LogP contribution in [-0.2, 0) is 22.6 Å². The van der Waals surface area contributed by atoms with E-state index in [9.17, 15) is 21.6 Å². The molecule has 0 saturated carbocycles. The standard InChI is InChI=1S/C23H23F3N2O4S2/c1-4-14-11-15(23(24,25)26)5-8-18(14)31-20-13-22(2,3)32-19-12-16(6-7-17(19)20)34(29,30)28-21-27-9-10-33-21/h5-12,20H,4,13H2,1-3H3,(H,27,28). The molecule has 0 aliphatic carbocycles. The van der Waals surface area contributed by atoms with Crippen LogP contribution in [0.2, 0.25) is 0 Å². The van der Waals surface area contributed by atoms with Gasteiger partial charge in [0.2, 0.25) is 0 Å². The highest BCUT2D eigenvalue weighted by molar-refractivity contribution is 7.93. The predicted octanol–water partition coefficient (Wildman–Crippen LogP) is 6.21. The Hall–Kier alpha value is -2.79. The Labute approximate surface area is 199 Å². The molecule has 2 heterocycles. The van der Waals surface area contributed by atoms with Gasteiger partial charge in [-0.15, -0.1) is 11.3 Å². The summed E-state index contributed by atoms with van der Waals surface area (Å²) >= 11 is 1.16. The van der Waals surface area contributed by atoms with Crippen molar-refractivity contribution < 1.29 is 31.1 Å². The number of halogens is 3. The summed E-state index contributed by atoms with van der Waals surface area (Å²) in [4.78, 5) is 3.94. The molecule has 6 nitrogen and oxygen atoms in total. The zero-order valence-corrected chi connectivity index (χ0v) is 20.3. The monoisotopic (exact) mass is 512 g/mol. The molecule has 182 valence electrons. The van der Waals surface area contributed by atoms with Gasteiger partial charge in [0.15, 0.2) is 5.13 Å². The number of sulfonamides is 1. The lowest BCUT2D eigenvalue weighted by Crippen LogP contribution is -2.36. The zero-order valence-electron chi connectivity index (χ0n) is 18.6. The largest absolute Gasteiger partial charge is 0.487 e. The van der Waals surface area contributed by atoms with Crippen LogP contribution >= 0.6 is 11.3 Å². The second-order valence-electron chi connectivity index (χ2n) is 8.49. The minimum absolute atomic E-state index is 0.00155. The molecule has 0 spiro atoms. The highest BCUT2D eigenvalue weighted by atomic mass is 32.2. The summed E-state index contributed by atoms with van der Waals surface area (Å²) in [5, 5.41) is 1.90. The van der Waals surface area contributed by atoms with Gasteiger partial charge in [-0.2, -0.15) is 13.2 Å². The Kier molecular flexibility index (Phi) is 6.28. The van der Waals surface area contributed by atoms with Gasteiger partial charge in [-0.1, -0.05) is 13.0 Å². The number of hydrogen-bond acceptors (Lipinski definition) is 6. The molecule has 0 amide bonds. The Morgan fingerprint density at radius 1 is 1.24 bits per heavy atom. The predicted molar refractivity (Wildman–Crippen MR) is 123 cm³/mol. The normalized spacial score (nSPS) is 17.5. The number of nitrogens with zero attached hydrogens (tertiary/aromatic N) is 1. The minimum atomic E-state index is -4.44. The van der Waals surface area contributed by atoms with Gasteiger partial charge in [-0.25, -0.2) is 13.4 Å². The summed E-state index contributed by atoms with van der Waals surface area (Å²) in [6.45, 7) is 5.44. The summed E-state index contributed by atoms with van der Waals surface area (Å²) in [6.07, 6.45) is -2.70. The van der Waals surface area contributed by atoms with Crippen LogP contribution in [0.5, 0.6) is 11.5 Å². The Balaban J connectivity index is 1.67. The first-order chi connectivity index (χ1) is 15.9. The van der Waals surface area contributed by atoms with Gasteiger partial charge in [0.1, 0.15) is 23.2 Å². The van der Waals surface area contributed by atoms with Crippen molar-refractivity contribution in [2.45, 2.75) is 56.4 Å². The lowest BCUT2D eigenvalue weighted by atomic mass is 9.91. The molecule has 1 unspecified atom stereocenters. The van der Waals surface area contributed by atoms with Crippen molar-refractivity contribution in [2.75, 3.05) is 4.72 Å². The molecule has 1 aliphatic heterocycles.